The number of ether oxygens (including phenoxy) is 1. The number of thioether (sulfide) groups is 1. The molecule has 0 unspecified atom stereocenters. The van der Waals surface area contributed by atoms with Crippen LogP contribution in [0.4, 0.5) is 11.5 Å². The third-order valence-corrected chi connectivity index (χ3v) is 4.95. The lowest BCUT2D eigenvalue weighted by atomic mass is 10.2. The third-order valence-electron chi connectivity index (χ3n) is 3.96. The van der Waals surface area contributed by atoms with Crippen LogP contribution < -0.4 is 21.9 Å². The lowest BCUT2D eigenvalue weighted by molar-refractivity contribution is -0.116. The molecule has 0 bridgehead atoms. The van der Waals surface area contributed by atoms with Crippen LogP contribution in [0.2, 0.25) is 0 Å². The number of nitrogen functional groups attached to an aromatic ring is 1. The summed E-state index contributed by atoms with van der Waals surface area (Å²) in [6.45, 7) is 4.57. The Morgan fingerprint density at radius 3 is 2.57 bits per heavy atom. The van der Waals surface area contributed by atoms with Crippen molar-refractivity contribution in [3.63, 3.8) is 0 Å². The summed E-state index contributed by atoms with van der Waals surface area (Å²) in [6, 6.07) is 9.48. The van der Waals surface area contributed by atoms with Gasteiger partial charge >= 0.3 is 5.69 Å². The van der Waals surface area contributed by atoms with Crippen LogP contribution in [-0.2, 0) is 16.1 Å². The molecule has 9 heteroatoms. The monoisotopic (exact) mass is 406 g/mol. The van der Waals surface area contributed by atoms with E-state index in [1.54, 1.807) is 0 Å². The number of nitrogens with zero attached hydrogens (tertiary/aromatic N) is 2. The maximum atomic E-state index is 12.9. The van der Waals surface area contributed by atoms with Crippen LogP contribution in [0, 0.1) is 5.92 Å². The average Bonchev–Trinajstić information content (AvgIpc) is 2.66. The molecule has 0 aliphatic carbocycles. The summed E-state index contributed by atoms with van der Waals surface area (Å²) in [5, 5.41) is 0. The number of hydrogen-bond acceptors (Lipinski definition) is 6. The lowest BCUT2D eigenvalue weighted by Gasteiger charge is -2.24. The van der Waals surface area contributed by atoms with E-state index in [2.05, 4.69) is 4.98 Å². The molecule has 1 aromatic heterocycles. The number of nitrogens with two attached hydrogens (primary N) is 1. The molecule has 28 heavy (non-hydrogen) atoms. The first kappa shape index (κ1) is 21.8. The van der Waals surface area contributed by atoms with Crippen LogP contribution in [0.3, 0.4) is 0 Å². The Balaban J connectivity index is 2.37. The van der Waals surface area contributed by atoms with Gasteiger partial charge in [-0.25, -0.2) is 4.79 Å². The topological polar surface area (TPSA) is 110 Å². The van der Waals surface area contributed by atoms with Gasteiger partial charge in [0.2, 0.25) is 5.91 Å². The van der Waals surface area contributed by atoms with E-state index in [0.29, 0.717) is 6.54 Å². The molecule has 0 fully saturated rings. The molecule has 1 aromatic carbocycles. The number of benzene rings is 1. The number of H-pyrrole nitrogens is 1. The van der Waals surface area contributed by atoms with Crippen molar-refractivity contribution in [1.82, 2.24) is 9.55 Å². The second-order valence-electron chi connectivity index (χ2n) is 6.64. The highest BCUT2D eigenvalue weighted by Gasteiger charge is 2.24. The molecule has 3 N–H and O–H groups in total. The van der Waals surface area contributed by atoms with Crippen LogP contribution >= 0.6 is 11.8 Å². The largest absolute Gasteiger partial charge is 0.383 e. The SMILES string of the molecule is COCCN(C(=O)CSc1ccccc1)c1c(N)n(CC(C)C)c(=O)[nH]c1=O. The minimum Gasteiger partial charge on any atom is -0.383 e. The Morgan fingerprint density at radius 2 is 1.96 bits per heavy atom. The van der Waals surface area contributed by atoms with Crippen molar-refractivity contribution in [2.45, 2.75) is 25.3 Å². The van der Waals surface area contributed by atoms with E-state index < -0.39 is 11.2 Å². The minimum atomic E-state index is -0.684. The summed E-state index contributed by atoms with van der Waals surface area (Å²) in [7, 11) is 1.51. The predicted molar refractivity (Wildman–Crippen MR) is 112 cm³/mol. The van der Waals surface area contributed by atoms with Gasteiger partial charge in [-0.3, -0.25) is 19.1 Å². The first-order chi connectivity index (χ1) is 13.3. The van der Waals surface area contributed by atoms with Crippen LogP contribution in [0.15, 0.2) is 44.8 Å². The van der Waals surface area contributed by atoms with E-state index in [-0.39, 0.29) is 42.2 Å². The number of methoxy groups -OCH3 is 1. The quantitative estimate of drug-likeness (QED) is 0.611. The Kier molecular flexibility index (Phi) is 7.89. The highest BCUT2D eigenvalue weighted by molar-refractivity contribution is 8.00. The maximum Gasteiger partial charge on any atom is 0.330 e. The molecule has 8 nitrogen and oxygen atoms in total. The summed E-state index contributed by atoms with van der Waals surface area (Å²) < 4.78 is 6.37. The molecule has 2 aromatic rings. The molecule has 0 saturated carbocycles. The van der Waals surface area contributed by atoms with Gasteiger partial charge in [0.05, 0.1) is 12.4 Å². The van der Waals surface area contributed by atoms with Crippen molar-refractivity contribution in [1.29, 1.82) is 0 Å². The number of carbonyl (C=O) groups excluding carboxylic acids is 1. The molecule has 0 aliphatic heterocycles. The predicted octanol–water partition coefficient (Wildman–Crippen LogP) is 1.55. The van der Waals surface area contributed by atoms with Crippen LogP contribution in [-0.4, -0.2) is 41.5 Å². The van der Waals surface area contributed by atoms with Crippen molar-refractivity contribution in [2.75, 3.05) is 36.6 Å². The second kappa shape index (κ2) is 10.1. The molecule has 0 aliphatic rings. The van der Waals surface area contributed by atoms with Gasteiger partial charge in [-0.15, -0.1) is 11.8 Å². The highest BCUT2D eigenvalue weighted by Crippen LogP contribution is 2.22. The molecule has 0 radical (unpaired) electrons. The van der Waals surface area contributed by atoms with Crippen molar-refractivity contribution in [3.8, 4) is 0 Å². The Morgan fingerprint density at radius 1 is 1.29 bits per heavy atom. The number of aromatic amines is 1. The summed E-state index contributed by atoms with van der Waals surface area (Å²) in [6.07, 6.45) is 0. The molecule has 0 atom stereocenters. The van der Waals surface area contributed by atoms with Crippen LogP contribution in [0.5, 0.6) is 0 Å². The summed E-state index contributed by atoms with van der Waals surface area (Å²) in [5.74, 6) is -0.0550. The van der Waals surface area contributed by atoms with E-state index in [9.17, 15) is 14.4 Å². The molecular weight excluding hydrogens is 380 g/mol. The van der Waals surface area contributed by atoms with Crippen molar-refractivity contribution in [3.05, 3.63) is 51.2 Å². The van der Waals surface area contributed by atoms with E-state index >= 15 is 0 Å². The molecule has 1 amide bonds. The van der Waals surface area contributed by atoms with Gasteiger partial charge in [-0.05, 0) is 18.1 Å². The van der Waals surface area contributed by atoms with Crippen molar-refractivity contribution < 1.29 is 9.53 Å². The molecule has 152 valence electrons. The zero-order valence-corrected chi connectivity index (χ0v) is 17.1. The van der Waals surface area contributed by atoms with Gasteiger partial charge in [0.25, 0.3) is 5.56 Å². The maximum absolute atomic E-state index is 12.9. The number of anilines is 2. The van der Waals surface area contributed by atoms with Gasteiger partial charge in [-0.1, -0.05) is 32.0 Å². The number of rotatable bonds is 9. The second-order valence-corrected chi connectivity index (χ2v) is 7.69. The number of carbonyl (C=O) groups is 1. The van der Waals surface area contributed by atoms with Crippen molar-refractivity contribution in [2.24, 2.45) is 5.92 Å². The Bertz CT molecular complexity index is 908. The molecule has 0 saturated heterocycles. The fourth-order valence-electron chi connectivity index (χ4n) is 2.67. The zero-order chi connectivity index (χ0) is 20.7. The van der Waals surface area contributed by atoms with E-state index in [1.165, 1.54) is 28.3 Å². The minimum absolute atomic E-state index is 0.0170. The van der Waals surface area contributed by atoms with E-state index in [1.807, 2.05) is 44.2 Å². The summed E-state index contributed by atoms with van der Waals surface area (Å²) in [4.78, 5) is 42.1. The molecule has 0 spiro atoms. The van der Waals surface area contributed by atoms with Gasteiger partial charge in [0.1, 0.15) is 5.82 Å². The fraction of sp³-hybridized carbons (Fsp3) is 0.421. The van der Waals surface area contributed by atoms with Crippen LogP contribution in [0.25, 0.3) is 0 Å². The molecular formula is C19H26N4O4S. The van der Waals surface area contributed by atoms with Crippen molar-refractivity contribution >= 4 is 29.2 Å². The fourth-order valence-corrected chi connectivity index (χ4v) is 3.46. The van der Waals surface area contributed by atoms with Gasteiger partial charge in [0, 0.05) is 25.1 Å². The lowest BCUT2D eigenvalue weighted by Crippen LogP contribution is -2.43. The van der Waals surface area contributed by atoms with Crippen LogP contribution in [0.1, 0.15) is 13.8 Å². The molecule has 1 heterocycles. The zero-order valence-electron chi connectivity index (χ0n) is 16.3. The first-order valence-electron chi connectivity index (χ1n) is 8.94. The summed E-state index contributed by atoms with van der Waals surface area (Å²) in [5.41, 5.74) is 4.87. The normalized spacial score (nSPS) is 11.0. The first-order valence-corrected chi connectivity index (χ1v) is 9.93. The highest BCUT2D eigenvalue weighted by atomic mass is 32.2. The number of amides is 1. The number of nitrogens with one attached hydrogen (secondary N) is 1. The Labute approximate surface area is 167 Å². The third kappa shape index (κ3) is 5.49. The number of hydrogen-bond donors (Lipinski definition) is 2. The standard InChI is InChI=1S/C19H26N4O4S/c1-13(2)11-23-17(20)16(18(25)21-19(23)26)22(9-10-27-3)15(24)12-28-14-7-5-4-6-8-14/h4-8,13H,9-12,20H2,1-3H3,(H,21,25,26). The average molecular weight is 407 g/mol. The van der Waals surface area contributed by atoms with E-state index in [0.717, 1.165) is 4.90 Å². The van der Waals surface area contributed by atoms with E-state index in [4.69, 9.17) is 10.5 Å². The smallest absolute Gasteiger partial charge is 0.330 e. The van der Waals surface area contributed by atoms with Gasteiger partial charge in [0.15, 0.2) is 5.69 Å². The van der Waals surface area contributed by atoms with Gasteiger partial charge in [-0.2, -0.15) is 0 Å². The Hall–Kier alpha value is -2.52. The number of aromatic nitrogens is 2. The van der Waals surface area contributed by atoms with Gasteiger partial charge < -0.3 is 15.4 Å². The molecule has 2 rings (SSSR count). The summed E-state index contributed by atoms with van der Waals surface area (Å²) >= 11 is 1.36.